The maximum absolute atomic E-state index is 11.3. The highest BCUT2D eigenvalue weighted by molar-refractivity contribution is 7.95. The van der Waals surface area contributed by atoms with Crippen LogP contribution in [0.4, 0.5) is 0 Å². The van der Waals surface area contributed by atoms with E-state index < -0.39 is 19.7 Å². The van der Waals surface area contributed by atoms with Crippen LogP contribution in [0.25, 0.3) is 0 Å². The van der Waals surface area contributed by atoms with Gasteiger partial charge in [-0.3, -0.25) is 0 Å². The van der Waals surface area contributed by atoms with Crippen molar-refractivity contribution in [1.29, 1.82) is 0 Å². The summed E-state index contributed by atoms with van der Waals surface area (Å²) in [7, 11) is -6.63. The summed E-state index contributed by atoms with van der Waals surface area (Å²) in [5.41, 5.74) is 0. The Labute approximate surface area is 103 Å². The lowest BCUT2D eigenvalue weighted by Crippen LogP contribution is -2.17. The molecule has 17 heavy (non-hydrogen) atoms. The van der Waals surface area contributed by atoms with Crippen LogP contribution in [0.1, 0.15) is 13.8 Å². The first-order valence-electron chi connectivity index (χ1n) is 4.94. The van der Waals surface area contributed by atoms with E-state index in [1.807, 2.05) is 0 Å². The molecule has 0 aromatic heterocycles. The molecule has 0 heterocycles. The molecule has 0 saturated heterocycles. The number of rotatable bonds is 8. The fraction of sp³-hybridized carbons (Fsp3) is 0.600. The van der Waals surface area contributed by atoms with Crippen molar-refractivity contribution in [3.8, 4) is 0 Å². The minimum Gasteiger partial charge on any atom is -0.379 e. The SMILES string of the molecule is C=C(C)S(=O)(=O)CCOCCS(=O)(=O)C(=C)C. The van der Waals surface area contributed by atoms with Gasteiger partial charge in [0.2, 0.25) is 0 Å². The second-order valence-electron chi connectivity index (χ2n) is 3.65. The van der Waals surface area contributed by atoms with Crippen LogP contribution in [0.15, 0.2) is 23.0 Å². The fourth-order valence-electron chi connectivity index (χ4n) is 0.788. The zero-order valence-electron chi connectivity index (χ0n) is 10.1. The average molecular weight is 282 g/mol. The molecule has 0 aliphatic carbocycles. The van der Waals surface area contributed by atoms with E-state index in [1.54, 1.807) is 0 Å². The molecule has 0 amide bonds. The van der Waals surface area contributed by atoms with Crippen LogP contribution < -0.4 is 0 Å². The van der Waals surface area contributed by atoms with Crippen molar-refractivity contribution in [3.63, 3.8) is 0 Å². The molecule has 0 bridgehead atoms. The van der Waals surface area contributed by atoms with Gasteiger partial charge in [-0.25, -0.2) is 16.8 Å². The van der Waals surface area contributed by atoms with Crippen molar-refractivity contribution in [2.45, 2.75) is 13.8 Å². The van der Waals surface area contributed by atoms with Crippen molar-refractivity contribution in [3.05, 3.63) is 23.0 Å². The Hall–Kier alpha value is -0.660. The topological polar surface area (TPSA) is 77.5 Å². The highest BCUT2D eigenvalue weighted by atomic mass is 32.2. The van der Waals surface area contributed by atoms with Gasteiger partial charge in [0.05, 0.1) is 24.7 Å². The van der Waals surface area contributed by atoms with Crippen LogP contribution in [-0.2, 0) is 24.4 Å². The molecule has 5 nitrogen and oxygen atoms in total. The van der Waals surface area contributed by atoms with Gasteiger partial charge in [-0.15, -0.1) is 0 Å². The van der Waals surface area contributed by atoms with Gasteiger partial charge in [0.15, 0.2) is 19.7 Å². The standard InChI is InChI=1S/C10H18O5S2/c1-9(2)16(11,12)7-5-15-6-8-17(13,14)10(3)4/h1,3,5-8H2,2,4H3. The van der Waals surface area contributed by atoms with Crippen LogP contribution in [0, 0.1) is 0 Å². The van der Waals surface area contributed by atoms with E-state index in [4.69, 9.17) is 4.74 Å². The number of hydrogen-bond donors (Lipinski definition) is 0. The number of ether oxygens (including phenoxy) is 1. The number of hydrogen-bond acceptors (Lipinski definition) is 5. The normalized spacial score (nSPS) is 12.4. The third-order valence-corrected chi connectivity index (χ3v) is 5.59. The molecular weight excluding hydrogens is 264 g/mol. The summed E-state index contributed by atoms with van der Waals surface area (Å²) in [6.45, 7) is 9.40. The van der Waals surface area contributed by atoms with Gasteiger partial charge in [-0.1, -0.05) is 13.2 Å². The Morgan fingerprint density at radius 2 is 1.18 bits per heavy atom. The van der Waals surface area contributed by atoms with Crippen molar-refractivity contribution >= 4 is 19.7 Å². The molecule has 0 aliphatic rings. The predicted octanol–water partition coefficient (Wildman–Crippen LogP) is 0.900. The lowest BCUT2D eigenvalue weighted by molar-refractivity contribution is 0.165. The van der Waals surface area contributed by atoms with E-state index in [2.05, 4.69) is 13.2 Å². The molecule has 0 atom stereocenters. The van der Waals surface area contributed by atoms with Gasteiger partial charge in [-0.05, 0) is 13.8 Å². The molecule has 0 aromatic carbocycles. The second-order valence-corrected chi connectivity index (χ2v) is 8.32. The predicted molar refractivity (Wildman–Crippen MR) is 68.0 cm³/mol. The van der Waals surface area contributed by atoms with Gasteiger partial charge in [0.1, 0.15) is 0 Å². The molecule has 100 valence electrons. The smallest absolute Gasteiger partial charge is 0.175 e. The van der Waals surface area contributed by atoms with Crippen LogP contribution in [0.2, 0.25) is 0 Å². The van der Waals surface area contributed by atoms with E-state index in [1.165, 1.54) is 13.8 Å². The third kappa shape index (κ3) is 5.99. The van der Waals surface area contributed by atoms with Crippen LogP contribution in [0.3, 0.4) is 0 Å². The number of sulfone groups is 2. The van der Waals surface area contributed by atoms with Crippen LogP contribution in [0.5, 0.6) is 0 Å². The Morgan fingerprint density at radius 3 is 1.41 bits per heavy atom. The monoisotopic (exact) mass is 282 g/mol. The average Bonchev–Trinajstić information content (AvgIpc) is 2.16. The first kappa shape index (κ1) is 16.3. The fourth-order valence-corrected chi connectivity index (χ4v) is 2.16. The lowest BCUT2D eigenvalue weighted by atomic mass is 10.7. The zero-order valence-corrected chi connectivity index (χ0v) is 11.7. The Morgan fingerprint density at radius 1 is 0.882 bits per heavy atom. The summed E-state index contributed by atoms with van der Waals surface area (Å²) in [5.74, 6) is -0.370. The summed E-state index contributed by atoms with van der Waals surface area (Å²) >= 11 is 0. The van der Waals surface area contributed by atoms with E-state index in [9.17, 15) is 16.8 Å². The lowest BCUT2D eigenvalue weighted by Gasteiger charge is -2.06. The summed E-state index contributed by atoms with van der Waals surface area (Å²) in [6.07, 6.45) is 0. The van der Waals surface area contributed by atoms with Crippen molar-refractivity contribution in [2.24, 2.45) is 0 Å². The van der Waals surface area contributed by atoms with Gasteiger partial charge in [0, 0.05) is 9.81 Å². The van der Waals surface area contributed by atoms with Gasteiger partial charge in [0.25, 0.3) is 0 Å². The molecule has 0 N–H and O–H groups in total. The first-order chi connectivity index (χ1) is 7.59. The van der Waals surface area contributed by atoms with E-state index >= 15 is 0 Å². The Kier molecular flexibility index (Phi) is 6.08. The van der Waals surface area contributed by atoms with Gasteiger partial charge >= 0.3 is 0 Å². The molecule has 0 rings (SSSR count). The van der Waals surface area contributed by atoms with Crippen LogP contribution in [-0.4, -0.2) is 41.6 Å². The van der Waals surface area contributed by atoms with Crippen LogP contribution >= 0.6 is 0 Å². The third-order valence-electron chi connectivity index (χ3n) is 2.05. The molecule has 0 spiro atoms. The summed E-state index contributed by atoms with van der Waals surface area (Å²) < 4.78 is 50.1. The number of allylic oxidation sites excluding steroid dienone is 2. The van der Waals surface area contributed by atoms with Crippen molar-refractivity contribution < 1.29 is 21.6 Å². The maximum Gasteiger partial charge on any atom is 0.175 e. The molecule has 0 fully saturated rings. The maximum atomic E-state index is 11.3. The molecule has 0 aliphatic heterocycles. The largest absolute Gasteiger partial charge is 0.379 e. The highest BCUT2D eigenvalue weighted by Gasteiger charge is 2.13. The Balaban J connectivity index is 3.98. The quantitative estimate of drug-likeness (QED) is 0.618. The first-order valence-corrected chi connectivity index (χ1v) is 8.24. The van der Waals surface area contributed by atoms with Crippen molar-refractivity contribution in [1.82, 2.24) is 0 Å². The van der Waals surface area contributed by atoms with E-state index in [-0.39, 0.29) is 34.5 Å². The van der Waals surface area contributed by atoms with E-state index in [0.29, 0.717) is 0 Å². The second kappa shape index (κ2) is 6.32. The molecule has 0 unspecified atom stereocenters. The van der Waals surface area contributed by atoms with Gasteiger partial charge < -0.3 is 4.74 Å². The summed E-state index contributed by atoms with van der Waals surface area (Å²) in [4.78, 5) is 0.159. The Bertz CT molecular complexity index is 439. The highest BCUT2D eigenvalue weighted by Crippen LogP contribution is 2.04. The zero-order chi connectivity index (χ0) is 13.7. The molecule has 0 radical (unpaired) electrons. The molecule has 7 heteroatoms. The minimum absolute atomic E-state index is 0.0408. The minimum atomic E-state index is -3.32. The molecule has 0 aromatic rings. The van der Waals surface area contributed by atoms with E-state index in [0.717, 1.165) is 0 Å². The summed E-state index contributed by atoms with van der Waals surface area (Å²) in [5, 5.41) is 0. The van der Waals surface area contributed by atoms with Crippen molar-refractivity contribution in [2.75, 3.05) is 24.7 Å². The molecule has 0 saturated carbocycles. The van der Waals surface area contributed by atoms with Gasteiger partial charge in [-0.2, -0.15) is 0 Å². The molecular formula is C10H18O5S2. The summed E-state index contributed by atoms with van der Waals surface area (Å²) in [6, 6.07) is 0.